The van der Waals surface area contributed by atoms with E-state index in [9.17, 15) is 19.2 Å². The highest BCUT2D eigenvalue weighted by atomic mass is 16.2. The molecule has 284 valence electrons. The molecule has 0 radical (unpaired) electrons. The molecule has 0 bridgehead atoms. The number of amides is 4. The van der Waals surface area contributed by atoms with Gasteiger partial charge in [0.15, 0.2) is 17.0 Å². The van der Waals surface area contributed by atoms with Gasteiger partial charge in [0.05, 0.1) is 23.1 Å². The number of anilines is 4. The van der Waals surface area contributed by atoms with Gasteiger partial charge in [0.1, 0.15) is 12.4 Å². The highest BCUT2D eigenvalue weighted by Gasteiger charge is 2.49. The molecule has 3 N–H and O–H groups in total. The van der Waals surface area contributed by atoms with Gasteiger partial charge in [-0.25, -0.2) is 15.0 Å². The number of hydrogen-bond donors (Lipinski definition) is 3. The largest absolute Gasteiger partial charge is 0.370 e. The van der Waals surface area contributed by atoms with Gasteiger partial charge in [-0.1, -0.05) is 6.07 Å². The van der Waals surface area contributed by atoms with E-state index < -0.39 is 23.8 Å². The van der Waals surface area contributed by atoms with Gasteiger partial charge in [0, 0.05) is 75.6 Å². The molecule has 10 rings (SSSR count). The standard InChI is InChI=1S/C40H45N11O4/c52-32-9-8-31(37(53)46-32)51-38(54)29-2-1-3-30(33(29)39(51)55)50-21-25(22-50)20-47-12-10-40(11-13-47)18-28(19-40)49-16-14-48(15-17-49)27-6-4-26(5-7-27)45-36-34-35(42-23-41-34)43-24-44-36/h1-7,23-25,28,31H,8-22H2,(H,46,52,53)(H2,41,42,43,44,45). The molecular weight excluding hydrogens is 699 g/mol. The van der Waals surface area contributed by atoms with Crippen molar-refractivity contribution in [2.45, 2.75) is 50.6 Å². The van der Waals surface area contributed by atoms with Gasteiger partial charge in [-0.15, -0.1) is 0 Å². The normalized spacial score (nSPS) is 23.6. The van der Waals surface area contributed by atoms with Crippen molar-refractivity contribution in [1.29, 1.82) is 0 Å². The molecule has 7 heterocycles. The van der Waals surface area contributed by atoms with Crippen molar-refractivity contribution in [2.75, 3.05) is 74.0 Å². The lowest BCUT2D eigenvalue weighted by molar-refractivity contribution is -0.136. The van der Waals surface area contributed by atoms with E-state index in [0.717, 1.165) is 80.7 Å². The number of carbonyl (C=O) groups excluding carboxylic acids is 4. The zero-order chi connectivity index (χ0) is 37.3. The number of carbonyl (C=O) groups is 4. The average Bonchev–Trinajstić information content (AvgIpc) is 3.76. The smallest absolute Gasteiger partial charge is 0.264 e. The SMILES string of the molecule is O=C1CCC(N2C(=O)c3cccc(N4CC(CN5CCC6(CC5)CC(N5CCN(c7ccc(Nc8ncnc9[nH]cnc89)cc7)CC5)C6)C4)c3C2=O)C(=O)N1. The van der Waals surface area contributed by atoms with Crippen LogP contribution in [-0.2, 0) is 9.59 Å². The lowest BCUT2D eigenvalue weighted by Gasteiger charge is -2.57. The van der Waals surface area contributed by atoms with Crippen LogP contribution in [0, 0.1) is 11.3 Å². The Labute approximate surface area is 318 Å². The Bertz CT molecular complexity index is 2160. The quantitative estimate of drug-likeness (QED) is 0.227. The van der Waals surface area contributed by atoms with Crippen LogP contribution in [0.5, 0.6) is 0 Å². The Hall–Kier alpha value is -5.41. The molecule has 6 aliphatic rings. The first-order valence-electron chi connectivity index (χ1n) is 19.6. The number of imide groups is 2. The van der Waals surface area contributed by atoms with Crippen molar-refractivity contribution in [2.24, 2.45) is 11.3 Å². The van der Waals surface area contributed by atoms with Crippen molar-refractivity contribution >= 4 is 57.7 Å². The van der Waals surface area contributed by atoms with Crippen molar-refractivity contribution < 1.29 is 19.2 Å². The molecule has 2 aromatic carbocycles. The fourth-order valence-electron chi connectivity index (χ4n) is 9.92. The molecule has 15 heteroatoms. The maximum Gasteiger partial charge on any atom is 0.264 e. The molecular formula is C40H45N11O4. The van der Waals surface area contributed by atoms with Crippen LogP contribution in [-0.4, -0.2) is 129 Å². The molecule has 1 saturated carbocycles. The van der Waals surface area contributed by atoms with Crippen molar-refractivity contribution in [3.05, 3.63) is 66.2 Å². The molecule has 5 aliphatic heterocycles. The minimum Gasteiger partial charge on any atom is -0.370 e. The monoisotopic (exact) mass is 743 g/mol. The van der Waals surface area contributed by atoms with Gasteiger partial charge in [0.25, 0.3) is 11.8 Å². The zero-order valence-corrected chi connectivity index (χ0v) is 30.7. The second-order valence-electron chi connectivity index (χ2n) is 16.3. The van der Waals surface area contributed by atoms with Crippen molar-refractivity contribution in [1.82, 2.24) is 40.0 Å². The highest BCUT2D eigenvalue weighted by molar-refractivity contribution is 6.25. The number of aromatic amines is 1. The number of imidazole rings is 1. The summed E-state index contributed by atoms with van der Waals surface area (Å²) in [5.74, 6) is -0.651. The van der Waals surface area contributed by atoms with Crippen LogP contribution in [0.4, 0.5) is 22.9 Å². The number of nitrogens with zero attached hydrogens (tertiary/aromatic N) is 8. The molecule has 5 fully saturated rings. The predicted octanol–water partition coefficient (Wildman–Crippen LogP) is 3.00. The van der Waals surface area contributed by atoms with Crippen molar-refractivity contribution in [3.63, 3.8) is 0 Å². The maximum absolute atomic E-state index is 13.6. The van der Waals surface area contributed by atoms with E-state index in [0.29, 0.717) is 40.0 Å². The van der Waals surface area contributed by atoms with Crippen LogP contribution in [0.25, 0.3) is 11.2 Å². The Morgan fingerprint density at radius 2 is 1.62 bits per heavy atom. The Kier molecular flexibility index (Phi) is 8.32. The third-order valence-electron chi connectivity index (χ3n) is 13.1. The van der Waals surface area contributed by atoms with E-state index >= 15 is 0 Å². The number of hydrogen-bond acceptors (Lipinski definition) is 12. The van der Waals surface area contributed by atoms with Gasteiger partial charge in [-0.3, -0.25) is 34.3 Å². The van der Waals surface area contributed by atoms with E-state index in [2.05, 4.69) is 74.4 Å². The van der Waals surface area contributed by atoms with Crippen molar-refractivity contribution in [3.8, 4) is 0 Å². The molecule has 1 atom stereocenters. The zero-order valence-electron chi connectivity index (χ0n) is 30.7. The topological polar surface area (TPSA) is 163 Å². The van der Waals surface area contributed by atoms with E-state index in [1.165, 1.54) is 37.7 Å². The fraction of sp³-hybridized carbons (Fsp3) is 0.475. The molecule has 4 amide bonds. The van der Waals surface area contributed by atoms with Gasteiger partial charge in [0.2, 0.25) is 11.8 Å². The summed E-state index contributed by atoms with van der Waals surface area (Å²) in [5, 5.41) is 5.65. The van der Waals surface area contributed by atoms with E-state index in [-0.39, 0.29) is 18.7 Å². The first-order valence-corrected chi connectivity index (χ1v) is 19.6. The van der Waals surface area contributed by atoms with Crippen LogP contribution in [0.15, 0.2) is 55.1 Å². The van der Waals surface area contributed by atoms with Crippen LogP contribution < -0.4 is 20.4 Å². The summed E-state index contributed by atoms with van der Waals surface area (Å²) in [6, 6.07) is 13.7. The van der Waals surface area contributed by atoms with E-state index in [1.54, 1.807) is 12.4 Å². The number of piperazine rings is 1. The van der Waals surface area contributed by atoms with Crippen LogP contribution in [0.1, 0.15) is 59.2 Å². The van der Waals surface area contributed by atoms with Gasteiger partial charge in [-0.2, -0.15) is 0 Å². The second kappa shape index (κ2) is 13.4. The maximum atomic E-state index is 13.6. The first kappa shape index (κ1) is 34.1. The minimum atomic E-state index is -0.953. The predicted molar refractivity (Wildman–Crippen MR) is 205 cm³/mol. The number of likely N-dealkylation sites (tertiary alicyclic amines) is 1. The molecule has 15 nitrogen and oxygen atoms in total. The van der Waals surface area contributed by atoms with Crippen LogP contribution in [0.2, 0.25) is 0 Å². The van der Waals surface area contributed by atoms with E-state index in [1.807, 2.05) is 12.1 Å². The Balaban J connectivity index is 0.665. The number of rotatable bonds is 8. The number of benzene rings is 2. The Morgan fingerprint density at radius 3 is 2.38 bits per heavy atom. The van der Waals surface area contributed by atoms with Gasteiger partial charge < -0.3 is 25.0 Å². The summed E-state index contributed by atoms with van der Waals surface area (Å²) < 4.78 is 0. The fourth-order valence-corrected chi connectivity index (χ4v) is 9.92. The summed E-state index contributed by atoms with van der Waals surface area (Å²) in [5.41, 5.74) is 5.64. The number of nitrogens with one attached hydrogen (secondary N) is 3. The number of fused-ring (bicyclic) bond motifs is 2. The summed E-state index contributed by atoms with van der Waals surface area (Å²) in [4.78, 5) is 78.0. The molecule has 1 spiro atoms. The molecule has 2 aromatic heterocycles. The third-order valence-corrected chi connectivity index (χ3v) is 13.1. The number of H-pyrrole nitrogens is 1. The number of piperidine rings is 2. The lowest BCUT2D eigenvalue weighted by Crippen LogP contribution is -2.60. The molecule has 55 heavy (non-hydrogen) atoms. The molecule has 4 saturated heterocycles. The molecule has 1 aliphatic carbocycles. The third kappa shape index (κ3) is 6.09. The lowest BCUT2D eigenvalue weighted by atomic mass is 9.60. The first-order chi connectivity index (χ1) is 26.8. The minimum absolute atomic E-state index is 0.111. The van der Waals surface area contributed by atoms with Gasteiger partial charge >= 0.3 is 0 Å². The van der Waals surface area contributed by atoms with Gasteiger partial charge in [-0.05, 0) is 87.0 Å². The summed E-state index contributed by atoms with van der Waals surface area (Å²) >= 11 is 0. The molecule has 4 aromatic rings. The average molecular weight is 744 g/mol. The van der Waals surface area contributed by atoms with E-state index in [4.69, 9.17) is 0 Å². The summed E-state index contributed by atoms with van der Waals surface area (Å²) in [6.45, 7) is 9.28. The summed E-state index contributed by atoms with van der Waals surface area (Å²) in [7, 11) is 0. The summed E-state index contributed by atoms with van der Waals surface area (Å²) in [6.07, 6.45) is 8.58. The Morgan fingerprint density at radius 1 is 0.836 bits per heavy atom. The number of aromatic nitrogens is 4. The highest BCUT2D eigenvalue weighted by Crippen LogP contribution is 2.51. The van der Waals surface area contributed by atoms with Crippen LogP contribution >= 0.6 is 0 Å². The second-order valence-corrected chi connectivity index (χ2v) is 16.3. The molecule has 1 unspecified atom stereocenters. The van der Waals surface area contributed by atoms with Crippen LogP contribution in [0.3, 0.4) is 0 Å².